The lowest BCUT2D eigenvalue weighted by atomic mass is 10.1. The molecule has 0 aromatic heterocycles. The van der Waals surface area contributed by atoms with E-state index < -0.39 is 0 Å². The van der Waals surface area contributed by atoms with Crippen LogP contribution in [-0.2, 0) is 0 Å². The van der Waals surface area contributed by atoms with Crippen molar-refractivity contribution in [1.82, 2.24) is 5.32 Å². The van der Waals surface area contributed by atoms with Gasteiger partial charge in [0.25, 0.3) is 0 Å². The van der Waals surface area contributed by atoms with Crippen LogP contribution in [0.25, 0.3) is 0 Å². The van der Waals surface area contributed by atoms with Crippen LogP contribution in [0.3, 0.4) is 0 Å². The van der Waals surface area contributed by atoms with Gasteiger partial charge in [-0.15, -0.1) is 0 Å². The molecular weight excluding hydrogens is 229 g/mol. The number of nitrogens with one attached hydrogen (secondary N) is 1. The summed E-state index contributed by atoms with van der Waals surface area (Å²) < 4.78 is 0. The first kappa shape index (κ1) is 12.8. The van der Waals surface area contributed by atoms with Gasteiger partial charge in [0.2, 0.25) is 0 Å². The van der Waals surface area contributed by atoms with Crippen molar-refractivity contribution in [2.45, 2.75) is 39.3 Å². The van der Waals surface area contributed by atoms with Crippen molar-refractivity contribution >= 4 is 23.2 Å². The van der Waals surface area contributed by atoms with Crippen LogP contribution >= 0.6 is 23.2 Å². The Bertz CT molecular complexity index is 325. The summed E-state index contributed by atoms with van der Waals surface area (Å²) >= 11 is 12.1. The summed E-state index contributed by atoms with van der Waals surface area (Å²) in [6.07, 6.45) is 1.10. The molecule has 2 atom stereocenters. The summed E-state index contributed by atoms with van der Waals surface area (Å²) in [6.45, 7) is 6.42. The molecule has 0 aliphatic heterocycles. The van der Waals surface area contributed by atoms with Gasteiger partial charge in [0, 0.05) is 22.1 Å². The Morgan fingerprint density at radius 3 is 2.53 bits per heavy atom. The van der Waals surface area contributed by atoms with E-state index >= 15 is 0 Å². The molecule has 0 amide bonds. The zero-order chi connectivity index (χ0) is 11.4. The molecule has 0 heterocycles. The quantitative estimate of drug-likeness (QED) is 0.827. The Labute approximate surface area is 102 Å². The Balaban J connectivity index is 2.80. The van der Waals surface area contributed by atoms with E-state index in [0.29, 0.717) is 6.04 Å². The standard InChI is InChI=1S/C12H17Cl2N/c1-4-8(2)15-9(3)11-7-10(13)5-6-12(11)14/h5-9,15H,4H2,1-3H3. The molecule has 1 N–H and O–H groups in total. The number of halogens is 2. The summed E-state index contributed by atoms with van der Waals surface area (Å²) in [7, 11) is 0. The van der Waals surface area contributed by atoms with E-state index in [-0.39, 0.29) is 6.04 Å². The monoisotopic (exact) mass is 245 g/mol. The van der Waals surface area contributed by atoms with Crippen molar-refractivity contribution in [3.63, 3.8) is 0 Å². The molecule has 2 unspecified atom stereocenters. The predicted molar refractivity (Wildman–Crippen MR) is 67.8 cm³/mol. The summed E-state index contributed by atoms with van der Waals surface area (Å²) in [5.74, 6) is 0. The second-order valence-corrected chi connectivity index (χ2v) is 4.71. The second kappa shape index (κ2) is 5.74. The van der Waals surface area contributed by atoms with Gasteiger partial charge >= 0.3 is 0 Å². The first-order valence-electron chi connectivity index (χ1n) is 5.25. The first-order chi connectivity index (χ1) is 7.04. The molecule has 1 aromatic carbocycles. The van der Waals surface area contributed by atoms with Gasteiger partial charge in [-0.25, -0.2) is 0 Å². The minimum absolute atomic E-state index is 0.228. The lowest BCUT2D eigenvalue weighted by molar-refractivity contribution is 0.469. The molecule has 0 aliphatic rings. The SMILES string of the molecule is CCC(C)NC(C)c1cc(Cl)ccc1Cl. The largest absolute Gasteiger partial charge is 0.308 e. The second-order valence-electron chi connectivity index (χ2n) is 3.86. The zero-order valence-electron chi connectivity index (χ0n) is 9.35. The highest BCUT2D eigenvalue weighted by molar-refractivity contribution is 6.33. The molecule has 0 fully saturated rings. The molecule has 1 nitrogen and oxygen atoms in total. The van der Waals surface area contributed by atoms with Gasteiger partial charge in [-0.05, 0) is 44.0 Å². The lowest BCUT2D eigenvalue weighted by Crippen LogP contribution is -2.28. The average Bonchev–Trinajstić information content (AvgIpc) is 2.21. The fourth-order valence-electron chi connectivity index (χ4n) is 1.48. The molecule has 15 heavy (non-hydrogen) atoms. The van der Waals surface area contributed by atoms with Crippen LogP contribution in [0.1, 0.15) is 38.8 Å². The van der Waals surface area contributed by atoms with Gasteiger partial charge in [0.15, 0.2) is 0 Å². The Morgan fingerprint density at radius 2 is 1.93 bits per heavy atom. The van der Waals surface area contributed by atoms with E-state index in [1.807, 2.05) is 18.2 Å². The lowest BCUT2D eigenvalue weighted by Gasteiger charge is -2.20. The maximum atomic E-state index is 6.12. The van der Waals surface area contributed by atoms with E-state index in [4.69, 9.17) is 23.2 Å². The summed E-state index contributed by atoms with van der Waals surface area (Å²) in [4.78, 5) is 0. The fraction of sp³-hybridized carbons (Fsp3) is 0.500. The van der Waals surface area contributed by atoms with Gasteiger partial charge in [0.05, 0.1) is 0 Å². The van der Waals surface area contributed by atoms with Crippen molar-refractivity contribution in [3.8, 4) is 0 Å². The van der Waals surface area contributed by atoms with Crippen LogP contribution in [0.4, 0.5) is 0 Å². The molecule has 0 aliphatic carbocycles. The third-order valence-corrected chi connectivity index (χ3v) is 3.15. The maximum Gasteiger partial charge on any atom is 0.0454 e. The number of benzene rings is 1. The van der Waals surface area contributed by atoms with Gasteiger partial charge < -0.3 is 5.32 Å². The van der Waals surface area contributed by atoms with Crippen molar-refractivity contribution in [1.29, 1.82) is 0 Å². The molecular formula is C12H17Cl2N. The molecule has 0 saturated heterocycles. The van der Waals surface area contributed by atoms with Crippen LogP contribution in [0, 0.1) is 0 Å². The molecule has 1 rings (SSSR count). The van der Waals surface area contributed by atoms with Gasteiger partial charge in [0.1, 0.15) is 0 Å². The van der Waals surface area contributed by atoms with Crippen molar-refractivity contribution in [3.05, 3.63) is 33.8 Å². The minimum atomic E-state index is 0.228. The minimum Gasteiger partial charge on any atom is -0.308 e. The van der Waals surface area contributed by atoms with Gasteiger partial charge in [-0.2, -0.15) is 0 Å². The van der Waals surface area contributed by atoms with Gasteiger partial charge in [-0.3, -0.25) is 0 Å². The van der Waals surface area contributed by atoms with Crippen molar-refractivity contribution in [2.75, 3.05) is 0 Å². The van der Waals surface area contributed by atoms with Crippen molar-refractivity contribution in [2.24, 2.45) is 0 Å². The highest BCUT2D eigenvalue weighted by atomic mass is 35.5. The van der Waals surface area contributed by atoms with E-state index in [2.05, 4.69) is 26.1 Å². The fourth-order valence-corrected chi connectivity index (χ4v) is 1.94. The van der Waals surface area contributed by atoms with E-state index in [1.165, 1.54) is 0 Å². The smallest absolute Gasteiger partial charge is 0.0454 e. The molecule has 84 valence electrons. The topological polar surface area (TPSA) is 12.0 Å². The molecule has 3 heteroatoms. The van der Waals surface area contributed by atoms with Crippen LogP contribution < -0.4 is 5.32 Å². The summed E-state index contributed by atoms with van der Waals surface area (Å²) in [5, 5.41) is 4.97. The van der Waals surface area contributed by atoms with Crippen molar-refractivity contribution < 1.29 is 0 Å². The maximum absolute atomic E-state index is 6.12. The Hall–Kier alpha value is -0.240. The van der Waals surface area contributed by atoms with Crippen LogP contribution in [0.15, 0.2) is 18.2 Å². The number of hydrogen-bond donors (Lipinski definition) is 1. The highest BCUT2D eigenvalue weighted by Crippen LogP contribution is 2.26. The average molecular weight is 246 g/mol. The Morgan fingerprint density at radius 1 is 1.27 bits per heavy atom. The van der Waals surface area contributed by atoms with E-state index in [9.17, 15) is 0 Å². The van der Waals surface area contributed by atoms with Gasteiger partial charge in [-0.1, -0.05) is 30.1 Å². The summed E-state index contributed by atoms with van der Waals surface area (Å²) in [6, 6.07) is 6.28. The number of rotatable bonds is 4. The zero-order valence-corrected chi connectivity index (χ0v) is 10.9. The summed E-state index contributed by atoms with van der Waals surface area (Å²) in [5.41, 5.74) is 1.06. The highest BCUT2D eigenvalue weighted by Gasteiger charge is 2.11. The molecule has 0 saturated carbocycles. The van der Waals surface area contributed by atoms with Crippen LogP contribution in [0.5, 0.6) is 0 Å². The van der Waals surface area contributed by atoms with E-state index in [0.717, 1.165) is 22.0 Å². The first-order valence-corrected chi connectivity index (χ1v) is 6.01. The Kier molecular flexibility index (Phi) is 4.91. The molecule has 0 radical (unpaired) electrons. The van der Waals surface area contributed by atoms with Crippen LogP contribution in [-0.4, -0.2) is 6.04 Å². The predicted octanol–water partition coefficient (Wildman–Crippen LogP) is 4.44. The molecule has 0 bridgehead atoms. The molecule has 0 spiro atoms. The normalized spacial score (nSPS) is 15.0. The third-order valence-electron chi connectivity index (χ3n) is 2.57. The molecule has 1 aromatic rings. The van der Waals surface area contributed by atoms with Crippen LogP contribution in [0.2, 0.25) is 10.0 Å². The third kappa shape index (κ3) is 3.67. The van der Waals surface area contributed by atoms with E-state index in [1.54, 1.807) is 0 Å². The number of hydrogen-bond acceptors (Lipinski definition) is 1.